The third-order valence-electron chi connectivity index (χ3n) is 8.64. The van der Waals surface area contributed by atoms with Crippen LogP contribution in [0.25, 0.3) is 0 Å². The van der Waals surface area contributed by atoms with Crippen molar-refractivity contribution in [3.05, 3.63) is 126 Å². The van der Waals surface area contributed by atoms with Crippen LogP contribution in [-0.4, -0.2) is 114 Å². The number of rotatable bonds is 16. The Morgan fingerprint density at radius 2 is 1.54 bits per heavy atom. The van der Waals surface area contributed by atoms with Gasteiger partial charge in [0.2, 0.25) is 5.95 Å². The second-order valence-electron chi connectivity index (χ2n) is 14.3. The Morgan fingerprint density at radius 1 is 0.905 bits per heavy atom. The molecule has 0 aliphatic carbocycles. The Balaban J connectivity index is 0.000000361. The Labute approximate surface area is 438 Å². The van der Waals surface area contributed by atoms with Gasteiger partial charge in [0.1, 0.15) is 34.5 Å². The number of alkyl halides is 3. The van der Waals surface area contributed by atoms with Crippen molar-refractivity contribution in [1.29, 1.82) is 0 Å². The van der Waals surface area contributed by atoms with Crippen molar-refractivity contribution < 1.29 is 84.3 Å². The fourth-order valence-corrected chi connectivity index (χ4v) is 8.13. The van der Waals surface area contributed by atoms with Crippen LogP contribution in [0.2, 0.25) is 20.1 Å². The number of hydrogen-bond acceptors (Lipinski definition) is 17. The zero-order valence-electron chi connectivity index (χ0n) is 38.9. The minimum absolute atomic E-state index is 0.0412. The predicted molar refractivity (Wildman–Crippen MR) is 263 cm³/mol. The average Bonchev–Trinajstić information content (AvgIpc) is 3.30. The van der Waals surface area contributed by atoms with E-state index in [-0.39, 0.29) is 79.3 Å². The highest BCUT2D eigenvalue weighted by Gasteiger charge is 2.29. The Hall–Kier alpha value is -6.58. The summed E-state index contributed by atoms with van der Waals surface area (Å²) in [6.45, 7) is 2.68. The zero-order valence-corrected chi connectivity index (χ0v) is 43.6. The average molecular weight is 1160 g/mol. The molecule has 0 aliphatic rings. The maximum absolute atomic E-state index is 12.5. The highest BCUT2D eigenvalue weighted by molar-refractivity contribution is 7.90. The number of aromatic carboxylic acids is 1. The van der Waals surface area contributed by atoms with Gasteiger partial charge in [-0.25, -0.2) is 27.5 Å². The molecule has 2 atom stereocenters. The number of aryl methyl sites for hydroxylation is 2. The summed E-state index contributed by atoms with van der Waals surface area (Å²) in [5.41, 5.74) is 4.32. The Morgan fingerprint density at radius 3 is 2.07 bits per heavy atom. The van der Waals surface area contributed by atoms with E-state index in [2.05, 4.69) is 25.0 Å². The van der Waals surface area contributed by atoms with Crippen LogP contribution >= 0.6 is 53.8 Å². The minimum Gasteiger partial charge on any atom is -0.494 e. The van der Waals surface area contributed by atoms with E-state index in [1.54, 1.807) is 16.9 Å². The summed E-state index contributed by atoms with van der Waals surface area (Å²) in [5.74, 6) is -2.60. The van der Waals surface area contributed by atoms with Gasteiger partial charge in [-0.1, -0.05) is 64.6 Å². The standard InChI is InChI=1S/C15H16F3N5O4S.C14H9Cl2NO5.C8H6Cl2O3.C5H12NO4P/c1-9-19-12(22-14(20-9)27-2)21-13(24)23-28(25,26)11-6-4-3-5-10(11)7-8-15(16,17)18;1-21-14(18)10-7-9(3-4-12(10)17(19)20)22-13-5-2-8(15)6-11(13)16;1-13-7-5(10)3-2-4(9)6(7)8(11)12;1-11(9,10)3-2-4(6)5(7)8/h3-6H,7-8H2,1-2H3,(H2,19,20,21,22,23,24);2-7H,1H3;2-3H,1H3,(H,11,12);4H,2-3,6H2,1H3,(H,7,8)(H,9,10). The third-order valence-corrected chi connectivity index (χ3v) is 12.3. The molecular weight excluding hydrogens is 1120 g/mol. The summed E-state index contributed by atoms with van der Waals surface area (Å²) in [7, 11) is -3.77. The molecule has 5 aromatic rings. The maximum atomic E-state index is 12.5. The summed E-state index contributed by atoms with van der Waals surface area (Å²) < 4.78 is 94.3. The fraction of sp³-hybridized carbons (Fsp3) is 0.262. The molecule has 0 radical (unpaired) electrons. The number of ether oxygens (including phenoxy) is 4. The van der Waals surface area contributed by atoms with Gasteiger partial charge < -0.3 is 39.8 Å². The molecule has 2 amide bonds. The van der Waals surface area contributed by atoms with Gasteiger partial charge in [0.25, 0.3) is 15.7 Å². The molecular formula is C42H43Cl4F3N7O16PS. The molecule has 32 heteroatoms. The second kappa shape index (κ2) is 28.8. The number of methoxy groups -OCH3 is 3. The Bertz CT molecular complexity index is 3000. The van der Waals surface area contributed by atoms with Crippen LogP contribution < -0.4 is 30.0 Å². The summed E-state index contributed by atoms with van der Waals surface area (Å²) in [6.07, 6.45) is -6.20. The fourth-order valence-electron chi connectivity index (χ4n) is 5.29. The SMILES string of the molecule is COC(=O)c1cc(Oc2ccc(Cl)cc2Cl)ccc1[N+](=O)[O-].COc1c(Cl)ccc(Cl)c1C(=O)O.COc1nc(C)nc(NC(=O)NS(=O)(=O)c2ccccc2CCC(F)(F)F)n1.CP(=O)(O)CCC(N)C(=O)O. The lowest BCUT2D eigenvalue weighted by Crippen LogP contribution is -2.35. The van der Waals surface area contributed by atoms with Crippen LogP contribution in [0.1, 0.15) is 44.9 Å². The van der Waals surface area contributed by atoms with Crippen LogP contribution in [-0.2, 0) is 30.5 Å². The molecule has 7 N–H and O–H groups in total. The monoisotopic (exact) mass is 1160 g/mol. The van der Waals surface area contributed by atoms with Crippen LogP contribution in [0.5, 0.6) is 23.3 Å². The van der Waals surface area contributed by atoms with Crippen LogP contribution in [0.3, 0.4) is 0 Å². The number of hydrogen-bond donors (Lipinski definition) is 6. The quantitative estimate of drug-likeness (QED) is 0.0232. The molecule has 23 nitrogen and oxygen atoms in total. The number of carbonyl (C=O) groups excluding carboxylic acids is 2. The number of nitrogens with two attached hydrogens (primary N) is 1. The first-order chi connectivity index (χ1) is 34.3. The molecule has 0 saturated carbocycles. The van der Waals surface area contributed by atoms with Crippen LogP contribution in [0.15, 0.2) is 77.7 Å². The number of urea groups is 1. The first-order valence-corrected chi connectivity index (χ1v) is 25.4. The van der Waals surface area contributed by atoms with Gasteiger partial charge in [0.05, 0.1) is 46.2 Å². The lowest BCUT2D eigenvalue weighted by Gasteiger charge is -2.13. The van der Waals surface area contributed by atoms with E-state index in [0.29, 0.717) is 10.8 Å². The van der Waals surface area contributed by atoms with Gasteiger partial charge in [-0.3, -0.25) is 24.8 Å². The number of carboxylic acids is 2. The number of nitrogens with zero attached hydrogens (tertiary/aromatic N) is 4. The Kier molecular flexibility index (Phi) is 24.7. The number of nitro groups is 1. The van der Waals surface area contributed by atoms with Crippen molar-refractivity contribution in [3.63, 3.8) is 0 Å². The number of carbonyl (C=O) groups is 4. The number of nitrogens with one attached hydrogen (secondary N) is 2. The summed E-state index contributed by atoms with van der Waals surface area (Å²) in [5, 5.41) is 31.1. The van der Waals surface area contributed by atoms with Crippen molar-refractivity contribution in [2.24, 2.45) is 5.73 Å². The van der Waals surface area contributed by atoms with Gasteiger partial charge in [-0.05, 0) is 67.8 Å². The molecule has 5 rings (SSSR count). The van der Waals surface area contributed by atoms with E-state index in [4.69, 9.17) is 81.5 Å². The number of nitro benzene ring substituents is 1. The first-order valence-electron chi connectivity index (χ1n) is 20.1. The van der Waals surface area contributed by atoms with Gasteiger partial charge >= 0.3 is 36.1 Å². The zero-order chi connectivity index (χ0) is 56.3. The van der Waals surface area contributed by atoms with Gasteiger partial charge in [-0.2, -0.15) is 28.1 Å². The highest BCUT2D eigenvalue weighted by atomic mass is 35.5. The first kappa shape index (κ1) is 63.5. The molecule has 0 saturated heterocycles. The molecule has 1 heterocycles. The number of sulfonamides is 1. The van der Waals surface area contributed by atoms with E-state index < -0.39 is 76.2 Å². The topological polar surface area (TPSA) is 349 Å². The molecule has 2 unspecified atom stereocenters. The van der Waals surface area contributed by atoms with Gasteiger partial charge in [0.15, 0.2) is 13.1 Å². The number of amides is 2. The van der Waals surface area contributed by atoms with Crippen molar-refractivity contribution in [2.45, 2.75) is 43.3 Å². The number of carboxylic acid groups (broad SMARTS) is 2. The molecule has 0 aliphatic heterocycles. The molecule has 0 fully saturated rings. The maximum Gasteiger partial charge on any atom is 0.389 e. The van der Waals surface area contributed by atoms with E-state index in [0.717, 1.165) is 19.2 Å². The lowest BCUT2D eigenvalue weighted by molar-refractivity contribution is -0.385. The number of aromatic nitrogens is 3. The number of halogens is 7. The molecule has 74 heavy (non-hydrogen) atoms. The third kappa shape index (κ3) is 21.5. The van der Waals surface area contributed by atoms with Crippen molar-refractivity contribution in [2.75, 3.05) is 39.5 Å². The molecule has 1 aromatic heterocycles. The van der Waals surface area contributed by atoms with E-state index in [9.17, 15) is 55.4 Å². The van der Waals surface area contributed by atoms with Crippen LogP contribution in [0, 0.1) is 17.0 Å². The van der Waals surface area contributed by atoms with E-state index in [1.807, 2.05) is 0 Å². The smallest absolute Gasteiger partial charge is 0.389 e. The van der Waals surface area contributed by atoms with E-state index >= 15 is 0 Å². The number of esters is 1. The predicted octanol–water partition coefficient (Wildman–Crippen LogP) is 9.06. The second-order valence-corrected chi connectivity index (χ2v) is 20.2. The van der Waals surface area contributed by atoms with Gasteiger partial charge in [0, 0.05) is 36.4 Å². The lowest BCUT2D eigenvalue weighted by atomic mass is 10.1. The van der Waals surface area contributed by atoms with Crippen LogP contribution in [0.4, 0.5) is 29.6 Å². The number of benzene rings is 4. The normalized spacial score (nSPS) is 12.0. The largest absolute Gasteiger partial charge is 0.494 e. The van der Waals surface area contributed by atoms with Gasteiger partial charge in [-0.15, -0.1) is 0 Å². The van der Waals surface area contributed by atoms with Crippen molar-refractivity contribution in [1.82, 2.24) is 19.7 Å². The molecule has 402 valence electrons. The molecule has 0 spiro atoms. The van der Waals surface area contributed by atoms with Crippen molar-refractivity contribution in [3.8, 4) is 23.3 Å². The number of aliphatic carboxylic acids is 1. The minimum atomic E-state index is -4.45. The summed E-state index contributed by atoms with van der Waals surface area (Å²) in [6, 6.07) is 14.0. The van der Waals surface area contributed by atoms with Crippen molar-refractivity contribution >= 4 is 99.4 Å². The van der Waals surface area contributed by atoms with E-state index in [1.165, 1.54) is 76.3 Å². The highest BCUT2D eigenvalue weighted by Crippen LogP contribution is 2.37. The molecule has 4 aromatic carbocycles. The number of anilines is 1. The molecule has 0 bridgehead atoms. The summed E-state index contributed by atoms with van der Waals surface area (Å²) >= 11 is 23.1. The summed E-state index contributed by atoms with van der Waals surface area (Å²) in [4.78, 5) is 74.4.